The van der Waals surface area contributed by atoms with E-state index in [0.29, 0.717) is 28.8 Å². The molecule has 24 heavy (non-hydrogen) atoms. The number of aromatic amines is 1. The van der Waals surface area contributed by atoms with Gasteiger partial charge in [0.05, 0.1) is 11.4 Å². The molecule has 0 saturated carbocycles. The minimum atomic E-state index is -0.534. The Morgan fingerprint density at radius 2 is 2.21 bits per heavy atom. The number of aromatic nitrogens is 4. The fourth-order valence-electron chi connectivity index (χ4n) is 2.28. The zero-order chi connectivity index (χ0) is 17.3. The molecule has 0 saturated heterocycles. The number of rotatable bonds is 5. The Balaban J connectivity index is 1.78. The first-order valence-corrected chi connectivity index (χ1v) is 8.15. The Labute approximate surface area is 141 Å². The van der Waals surface area contributed by atoms with Crippen LogP contribution >= 0.6 is 11.3 Å². The Morgan fingerprint density at radius 3 is 2.88 bits per heavy atom. The molecule has 3 aromatic rings. The molecule has 0 spiro atoms. The summed E-state index contributed by atoms with van der Waals surface area (Å²) in [5.41, 5.74) is 8.19. The van der Waals surface area contributed by atoms with E-state index in [0.717, 1.165) is 11.3 Å². The molecule has 3 rings (SSSR count). The number of carbonyl (C=O) groups is 2. The number of nitrogens with zero attached hydrogens (tertiary/aromatic N) is 3. The van der Waals surface area contributed by atoms with Crippen LogP contribution < -0.4 is 11.1 Å². The normalized spacial score (nSPS) is 10.8. The highest BCUT2D eigenvalue weighted by atomic mass is 32.1. The highest BCUT2D eigenvalue weighted by Crippen LogP contribution is 2.25. The molecule has 0 radical (unpaired) electrons. The Hall–Kier alpha value is -2.94. The molecular weight excluding hydrogens is 328 g/mol. The molecule has 0 unspecified atom stereocenters. The number of thiazole rings is 1. The van der Waals surface area contributed by atoms with Gasteiger partial charge >= 0.3 is 0 Å². The number of nitrogens with one attached hydrogen (secondary N) is 2. The molecule has 3 aromatic heterocycles. The summed E-state index contributed by atoms with van der Waals surface area (Å²) in [6.07, 6.45) is 1.65. The highest BCUT2D eigenvalue weighted by molar-refractivity contribution is 7.14. The summed E-state index contributed by atoms with van der Waals surface area (Å²) in [5.74, 6) is -0.793. The lowest BCUT2D eigenvalue weighted by molar-refractivity contribution is 0.0993. The zero-order valence-corrected chi connectivity index (χ0v) is 14.0. The second-order valence-corrected chi connectivity index (χ2v) is 6.00. The summed E-state index contributed by atoms with van der Waals surface area (Å²) in [4.78, 5) is 30.7. The average molecular weight is 344 g/mol. The first-order valence-electron chi connectivity index (χ1n) is 7.28. The van der Waals surface area contributed by atoms with E-state index in [-0.39, 0.29) is 5.91 Å². The Morgan fingerprint density at radius 1 is 1.42 bits per heavy atom. The lowest BCUT2D eigenvalue weighted by atomic mass is 10.2. The molecule has 0 aliphatic heterocycles. The van der Waals surface area contributed by atoms with Crippen LogP contribution in [0.4, 0.5) is 5.13 Å². The average Bonchev–Trinajstić information content (AvgIpc) is 3.24. The summed E-state index contributed by atoms with van der Waals surface area (Å²) in [7, 11) is 0. The highest BCUT2D eigenvalue weighted by Gasteiger charge is 2.16. The smallest absolute Gasteiger partial charge is 0.275 e. The van der Waals surface area contributed by atoms with Crippen LogP contribution in [-0.4, -0.2) is 31.6 Å². The van der Waals surface area contributed by atoms with Gasteiger partial charge in [-0.3, -0.25) is 19.6 Å². The summed E-state index contributed by atoms with van der Waals surface area (Å²) >= 11 is 1.30. The second kappa shape index (κ2) is 6.28. The minimum absolute atomic E-state index is 0.259. The summed E-state index contributed by atoms with van der Waals surface area (Å²) in [6, 6.07) is 3.36. The van der Waals surface area contributed by atoms with Crippen molar-refractivity contribution in [2.45, 2.75) is 20.4 Å². The van der Waals surface area contributed by atoms with Crippen LogP contribution in [0, 0.1) is 6.92 Å². The first-order chi connectivity index (χ1) is 11.5. The molecule has 4 N–H and O–H groups in total. The lowest BCUT2D eigenvalue weighted by Gasteiger charge is -2.03. The van der Waals surface area contributed by atoms with Crippen LogP contribution in [0.15, 0.2) is 23.7 Å². The van der Waals surface area contributed by atoms with Crippen molar-refractivity contribution in [1.82, 2.24) is 19.7 Å². The molecule has 0 atom stereocenters. The van der Waals surface area contributed by atoms with Gasteiger partial charge in [-0.1, -0.05) is 0 Å². The third-order valence-electron chi connectivity index (χ3n) is 3.40. The summed E-state index contributed by atoms with van der Waals surface area (Å²) in [6.45, 7) is 4.37. The number of carbonyl (C=O) groups excluding carboxylic acids is 2. The SMILES string of the molecule is CCn1nc(C)cc1C(=O)Nc1nc(-c2c[nH]c(C(N)=O)c2)cs1. The number of primary amides is 1. The van der Waals surface area contributed by atoms with Gasteiger partial charge < -0.3 is 10.7 Å². The molecule has 124 valence electrons. The molecule has 3 heterocycles. The fraction of sp³-hybridized carbons (Fsp3) is 0.200. The number of hydrogen-bond acceptors (Lipinski definition) is 5. The summed E-state index contributed by atoms with van der Waals surface area (Å²) < 4.78 is 1.64. The quantitative estimate of drug-likeness (QED) is 0.656. The van der Waals surface area contributed by atoms with Gasteiger partial charge in [-0.15, -0.1) is 11.3 Å². The maximum Gasteiger partial charge on any atom is 0.275 e. The van der Waals surface area contributed by atoms with Crippen molar-refractivity contribution in [2.24, 2.45) is 5.73 Å². The monoisotopic (exact) mass is 344 g/mol. The van der Waals surface area contributed by atoms with Crippen molar-refractivity contribution in [1.29, 1.82) is 0 Å². The fourth-order valence-corrected chi connectivity index (χ4v) is 2.99. The zero-order valence-electron chi connectivity index (χ0n) is 13.2. The van der Waals surface area contributed by atoms with Crippen molar-refractivity contribution in [3.05, 3.63) is 40.8 Å². The van der Waals surface area contributed by atoms with Crippen LogP contribution in [-0.2, 0) is 6.54 Å². The number of hydrogen-bond donors (Lipinski definition) is 3. The Kier molecular flexibility index (Phi) is 4.17. The maximum atomic E-state index is 12.4. The van der Waals surface area contributed by atoms with Gasteiger partial charge in [0, 0.05) is 23.7 Å². The van der Waals surface area contributed by atoms with Crippen LogP contribution in [0.25, 0.3) is 11.3 Å². The van der Waals surface area contributed by atoms with Crippen LogP contribution in [0.5, 0.6) is 0 Å². The largest absolute Gasteiger partial charge is 0.364 e. The molecule has 9 heteroatoms. The van der Waals surface area contributed by atoms with Crippen molar-refractivity contribution in [2.75, 3.05) is 5.32 Å². The third-order valence-corrected chi connectivity index (χ3v) is 4.16. The number of aryl methyl sites for hydroxylation is 2. The van der Waals surface area contributed by atoms with Crippen LogP contribution in [0.2, 0.25) is 0 Å². The molecule has 0 aromatic carbocycles. The van der Waals surface area contributed by atoms with Crippen molar-refractivity contribution in [3.63, 3.8) is 0 Å². The van der Waals surface area contributed by atoms with Gasteiger partial charge in [0.15, 0.2) is 5.13 Å². The van der Waals surface area contributed by atoms with Crippen LogP contribution in [0.1, 0.15) is 33.6 Å². The van der Waals surface area contributed by atoms with Crippen molar-refractivity contribution < 1.29 is 9.59 Å². The minimum Gasteiger partial charge on any atom is -0.364 e. The van der Waals surface area contributed by atoms with E-state index < -0.39 is 5.91 Å². The number of nitrogens with two attached hydrogens (primary N) is 1. The van der Waals surface area contributed by atoms with Crippen molar-refractivity contribution in [3.8, 4) is 11.3 Å². The summed E-state index contributed by atoms with van der Waals surface area (Å²) in [5, 5.41) is 9.29. The number of anilines is 1. The van der Waals surface area contributed by atoms with Crippen LogP contribution in [0.3, 0.4) is 0 Å². The van der Waals surface area contributed by atoms with E-state index in [2.05, 4.69) is 20.4 Å². The van der Waals surface area contributed by atoms with E-state index in [1.807, 2.05) is 13.8 Å². The van der Waals surface area contributed by atoms with E-state index in [9.17, 15) is 9.59 Å². The van der Waals surface area contributed by atoms with Crippen molar-refractivity contribution >= 4 is 28.3 Å². The standard InChI is InChI=1S/C15H16N6O2S/c1-3-21-12(4-8(2)20-21)14(23)19-15-18-11(7-24-15)9-5-10(13(16)22)17-6-9/h4-7,17H,3H2,1-2H3,(H2,16,22)(H,18,19,23). The molecule has 2 amide bonds. The van der Waals surface area contributed by atoms with Gasteiger partial charge in [-0.25, -0.2) is 4.98 Å². The predicted molar refractivity (Wildman–Crippen MR) is 91.0 cm³/mol. The molecule has 8 nitrogen and oxygen atoms in total. The maximum absolute atomic E-state index is 12.4. The molecule has 0 fully saturated rings. The van der Waals surface area contributed by atoms with Gasteiger partial charge in [-0.2, -0.15) is 5.10 Å². The van der Waals surface area contributed by atoms with E-state index in [1.54, 1.807) is 28.4 Å². The predicted octanol–water partition coefficient (Wildman–Crippen LogP) is 2.01. The molecule has 0 bridgehead atoms. The van der Waals surface area contributed by atoms with Gasteiger partial charge in [0.2, 0.25) is 0 Å². The first kappa shape index (κ1) is 15.9. The molecule has 0 aliphatic carbocycles. The van der Waals surface area contributed by atoms with E-state index in [4.69, 9.17) is 5.73 Å². The topological polar surface area (TPSA) is 119 Å². The van der Waals surface area contributed by atoms with E-state index >= 15 is 0 Å². The number of H-pyrrole nitrogens is 1. The molecular formula is C15H16N6O2S. The third kappa shape index (κ3) is 3.06. The Bertz CT molecular complexity index is 907. The van der Waals surface area contributed by atoms with Gasteiger partial charge in [0.25, 0.3) is 11.8 Å². The van der Waals surface area contributed by atoms with E-state index in [1.165, 1.54) is 11.3 Å². The second-order valence-electron chi connectivity index (χ2n) is 5.15. The lowest BCUT2D eigenvalue weighted by Crippen LogP contribution is -2.17. The van der Waals surface area contributed by atoms with Gasteiger partial charge in [-0.05, 0) is 26.0 Å². The molecule has 0 aliphatic rings. The van der Waals surface area contributed by atoms with Gasteiger partial charge in [0.1, 0.15) is 11.4 Å². The number of amides is 2.